The van der Waals surface area contributed by atoms with Gasteiger partial charge in [-0.05, 0) is 39.8 Å². The largest absolute Gasteiger partial charge is 0.357 e. The van der Waals surface area contributed by atoms with Gasteiger partial charge in [-0.2, -0.15) is 0 Å². The minimum Gasteiger partial charge on any atom is -0.357 e. The minimum absolute atomic E-state index is 0.0429. The number of hydrogen-bond donors (Lipinski definition) is 1. The van der Waals surface area contributed by atoms with Gasteiger partial charge in [0, 0.05) is 20.5 Å². The molecule has 18 heavy (non-hydrogen) atoms. The van der Waals surface area contributed by atoms with Crippen LogP contribution in [0.5, 0.6) is 0 Å². The van der Waals surface area contributed by atoms with Gasteiger partial charge in [0.05, 0.1) is 5.69 Å². The maximum Gasteiger partial charge on any atom is 0.183 e. The van der Waals surface area contributed by atoms with Crippen molar-refractivity contribution in [1.82, 2.24) is 4.98 Å². The van der Waals surface area contributed by atoms with Crippen molar-refractivity contribution in [3.8, 4) is 11.3 Å². The quantitative estimate of drug-likeness (QED) is 0.832. The van der Waals surface area contributed by atoms with E-state index in [1.165, 1.54) is 4.88 Å². The van der Waals surface area contributed by atoms with Crippen molar-refractivity contribution in [3.63, 3.8) is 0 Å². The number of halogens is 1. The molecule has 0 fully saturated rings. The summed E-state index contributed by atoms with van der Waals surface area (Å²) in [5.74, 6) is 0. The number of anilines is 1. The molecule has 0 aliphatic carbocycles. The smallest absolute Gasteiger partial charge is 0.183 e. The van der Waals surface area contributed by atoms with E-state index < -0.39 is 0 Å². The van der Waals surface area contributed by atoms with Crippen molar-refractivity contribution in [1.29, 1.82) is 0 Å². The number of rotatable bonds is 2. The van der Waals surface area contributed by atoms with Gasteiger partial charge in [-0.25, -0.2) is 4.98 Å². The fourth-order valence-corrected chi connectivity index (χ4v) is 2.95. The first-order valence-corrected chi connectivity index (χ1v) is 7.48. The summed E-state index contributed by atoms with van der Waals surface area (Å²) in [7, 11) is 0. The maximum atomic E-state index is 4.69. The highest BCUT2D eigenvalue weighted by Gasteiger charge is 2.15. The van der Waals surface area contributed by atoms with E-state index in [1.807, 2.05) is 12.1 Å². The van der Waals surface area contributed by atoms with E-state index in [4.69, 9.17) is 0 Å². The zero-order valence-electron chi connectivity index (χ0n) is 11.0. The number of hydrogen-bond acceptors (Lipinski definition) is 3. The van der Waals surface area contributed by atoms with Gasteiger partial charge in [-0.1, -0.05) is 28.1 Å². The standard InChI is InChI=1S/C14H17BrN2S/c1-9-12(10-5-7-11(15)8-6-10)16-13(18-9)17-14(2,3)4/h5-8H,1-4H3,(H,16,17). The highest BCUT2D eigenvalue weighted by Crippen LogP contribution is 2.32. The highest BCUT2D eigenvalue weighted by atomic mass is 79.9. The molecule has 0 amide bonds. The van der Waals surface area contributed by atoms with Gasteiger partial charge >= 0.3 is 0 Å². The monoisotopic (exact) mass is 324 g/mol. The zero-order chi connectivity index (χ0) is 13.3. The number of thiazole rings is 1. The summed E-state index contributed by atoms with van der Waals surface area (Å²) in [4.78, 5) is 5.93. The molecular weight excluding hydrogens is 308 g/mol. The molecule has 0 bridgehead atoms. The normalized spacial score (nSPS) is 11.6. The lowest BCUT2D eigenvalue weighted by Gasteiger charge is -2.19. The molecule has 2 rings (SSSR count). The van der Waals surface area contributed by atoms with Crippen LogP contribution in [0, 0.1) is 6.92 Å². The molecular formula is C14H17BrN2S. The van der Waals surface area contributed by atoms with E-state index >= 15 is 0 Å². The predicted molar refractivity (Wildman–Crippen MR) is 83.4 cm³/mol. The first-order chi connectivity index (χ1) is 8.35. The van der Waals surface area contributed by atoms with E-state index in [9.17, 15) is 0 Å². The molecule has 0 radical (unpaired) electrons. The summed E-state index contributed by atoms with van der Waals surface area (Å²) >= 11 is 5.16. The van der Waals surface area contributed by atoms with Crippen molar-refractivity contribution in [2.75, 3.05) is 5.32 Å². The molecule has 2 aromatic rings. The number of aromatic nitrogens is 1. The first kappa shape index (κ1) is 13.6. The van der Waals surface area contributed by atoms with Crippen molar-refractivity contribution in [3.05, 3.63) is 33.6 Å². The van der Waals surface area contributed by atoms with Gasteiger partial charge in [0.1, 0.15) is 0 Å². The van der Waals surface area contributed by atoms with Crippen LogP contribution in [0.25, 0.3) is 11.3 Å². The lowest BCUT2D eigenvalue weighted by atomic mass is 10.1. The molecule has 0 unspecified atom stereocenters. The Kier molecular flexibility index (Phi) is 3.78. The van der Waals surface area contributed by atoms with Gasteiger partial charge in [0.15, 0.2) is 5.13 Å². The van der Waals surface area contributed by atoms with Crippen LogP contribution in [0.2, 0.25) is 0 Å². The first-order valence-electron chi connectivity index (χ1n) is 5.87. The topological polar surface area (TPSA) is 24.9 Å². The summed E-state index contributed by atoms with van der Waals surface area (Å²) in [5, 5.41) is 4.41. The molecule has 0 aliphatic heterocycles. The third kappa shape index (κ3) is 3.33. The van der Waals surface area contributed by atoms with Crippen molar-refractivity contribution < 1.29 is 0 Å². The van der Waals surface area contributed by atoms with E-state index in [2.05, 4.69) is 66.1 Å². The molecule has 1 aromatic heterocycles. The molecule has 4 heteroatoms. The Morgan fingerprint density at radius 1 is 1.17 bits per heavy atom. The minimum atomic E-state index is 0.0429. The summed E-state index contributed by atoms with van der Waals surface area (Å²) in [5.41, 5.74) is 2.27. The van der Waals surface area contributed by atoms with Gasteiger partial charge in [0.25, 0.3) is 0 Å². The Labute approximate surface area is 121 Å². The van der Waals surface area contributed by atoms with Crippen LogP contribution in [0.15, 0.2) is 28.7 Å². The molecule has 0 saturated heterocycles. The zero-order valence-corrected chi connectivity index (χ0v) is 13.4. The number of nitrogens with one attached hydrogen (secondary N) is 1. The Morgan fingerprint density at radius 2 is 1.78 bits per heavy atom. The molecule has 0 atom stereocenters. The van der Waals surface area contributed by atoms with E-state index in [-0.39, 0.29) is 5.54 Å². The van der Waals surface area contributed by atoms with Crippen LogP contribution in [0.4, 0.5) is 5.13 Å². The highest BCUT2D eigenvalue weighted by molar-refractivity contribution is 9.10. The fourth-order valence-electron chi connectivity index (χ4n) is 1.65. The second-order valence-electron chi connectivity index (χ2n) is 5.31. The van der Waals surface area contributed by atoms with Crippen LogP contribution < -0.4 is 5.32 Å². The van der Waals surface area contributed by atoms with Gasteiger partial charge in [-0.15, -0.1) is 11.3 Å². The Balaban J connectivity index is 2.32. The van der Waals surface area contributed by atoms with Gasteiger partial charge < -0.3 is 5.32 Å². The third-order valence-corrected chi connectivity index (χ3v) is 3.81. The van der Waals surface area contributed by atoms with Crippen molar-refractivity contribution in [2.45, 2.75) is 33.2 Å². The summed E-state index contributed by atoms with van der Waals surface area (Å²) in [6, 6.07) is 8.27. The third-order valence-electron chi connectivity index (χ3n) is 2.40. The van der Waals surface area contributed by atoms with Gasteiger partial charge in [-0.3, -0.25) is 0 Å². The predicted octanol–water partition coefficient (Wildman–Crippen LogP) is 5.09. The lowest BCUT2D eigenvalue weighted by molar-refractivity contribution is 0.633. The van der Waals surface area contributed by atoms with Crippen LogP contribution in [-0.2, 0) is 0 Å². The summed E-state index contributed by atoms with van der Waals surface area (Å²) < 4.78 is 1.09. The van der Waals surface area contributed by atoms with E-state index in [0.717, 1.165) is 20.9 Å². The molecule has 1 heterocycles. The van der Waals surface area contributed by atoms with Crippen LogP contribution in [-0.4, -0.2) is 10.5 Å². The summed E-state index contributed by atoms with van der Waals surface area (Å²) in [6.45, 7) is 8.54. The second-order valence-corrected chi connectivity index (χ2v) is 7.42. The molecule has 1 aromatic carbocycles. The maximum absolute atomic E-state index is 4.69. The van der Waals surface area contributed by atoms with Gasteiger partial charge in [0.2, 0.25) is 0 Å². The number of aryl methyl sites for hydroxylation is 1. The average Bonchev–Trinajstić information content (AvgIpc) is 2.58. The van der Waals surface area contributed by atoms with E-state index in [1.54, 1.807) is 11.3 Å². The lowest BCUT2D eigenvalue weighted by Crippen LogP contribution is -2.25. The molecule has 96 valence electrons. The Hall–Kier alpha value is -0.870. The molecule has 2 nitrogen and oxygen atoms in total. The molecule has 0 aliphatic rings. The molecule has 0 spiro atoms. The fraction of sp³-hybridized carbons (Fsp3) is 0.357. The van der Waals surface area contributed by atoms with Crippen molar-refractivity contribution in [2.24, 2.45) is 0 Å². The Morgan fingerprint density at radius 3 is 2.33 bits per heavy atom. The van der Waals surface area contributed by atoms with E-state index in [0.29, 0.717) is 0 Å². The van der Waals surface area contributed by atoms with Crippen molar-refractivity contribution >= 4 is 32.4 Å². The second kappa shape index (κ2) is 5.02. The van der Waals surface area contributed by atoms with Crippen LogP contribution in [0.3, 0.4) is 0 Å². The number of benzene rings is 1. The van der Waals surface area contributed by atoms with Crippen LogP contribution in [0.1, 0.15) is 25.6 Å². The number of nitrogens with zero attached hydrogens (tertiary/aromatic N) is 1. The molecule has 1 N–H and O–H groups in total. The Bertz CT molecular complexity index is 538. The molecule has 0 saturated carbocycles. The van der Waals surface area contributed by atoms with Crippen LogP contribution >= 0.6 is 27.3 Å². The summed E-state index contributed by atoms with van der Waals surface area (Å²) in [6.07, 6.45) is 0. The average molecular weight is 325 g/mol. The SMILES string of the molecule is Cc1sc(NC(C)(C)C)nc1-c1ccc(Br)cc1.